The lowest BCUT2D eigenvalue weighted by molar-refractivity contribution is -0.106. The Bertz CT molecular complexity index is 594. The van der Waals surface area contributed by atoms with E-state index in [0.29, 0.717) is 0 Å². The summed E-state index contributed by atoms with van der Waals surface area (Å²) in [6, 6.07) is 12.4. The Morgan fingerprint density at radius 2 is 1.65 bits per heavy atom. The number of nitrogens with one attached hydrogen (secondary N) is 1. The molecule has 0 heterocycles. The quantitative estimate of drug-likeness (QED) is 0.580. The lowest BCUT2D eigenvalue weighted by atomic mass is 10.1. The van der Waals surface area contributed by atoms with Crippen LogP contribution >= 0.6 is 0 Å². The van der Waals surface area contributed by atoms with Crippen LogP contribution in [0.15, 0.2) is 36.4 Å². The van der Waals surface area contributed by atoms with Crippen LogP contribution in [0.2, 0.25) is 0 Å². The van der Waals surface area contributed by atoms with Crippen molar-refractivity contribution in [3.63, 3.8) is 0 Å². The third-order valence-corrected chi connectivity index (χ3v) is 2.94. The molecule has 2 rings (SSSR count). The van der Waals surface area contributed by atoms with Crippen LogP contribution < -0.4 is 16.8 Å². The normalized spacial score (nSPS) is 9.35. The maximum atomic E-state index is 8.58. The molecule has 0 aliphatic rings. The summed E-state index contributed by atoms with van der Waals surface area (Å²) in [5.74, 6) is 0. The van der Waals surface area contributed by atoms with Crippen molar-refractivity contribution in [1.82, 2.24) is 0 Å². The first-order chi connectivity index (χ1) is 9.47. The molecule has 5 N–H and O–H groups in total. The van der Waals surface area contributed by atoms with Crippen molar-refractivity contribution in [2.24, 2.45) is 5.73 Å². The summed E-state index contributed by atoms with van der Waals surface area (Å²) < 4.78 is 0. The van der Waals surface area contributed by atoms with Gasteiger partial charge in [0, 0.05) is 17.1 Å². The SMILES string of the molecule is Cc1ccc(Nc2ccc(C)c(N)c2)c(C)c1.NC=O. The van der Waals surface area contributed by atoms with Gasteiger partial charge in [-0.2, -0.15) is 0 Å². The molecule has 20 heavy (non-hydrogen) atoms. The molecule has 2 aromatic carbocycles. The Hall–Kier alpha value is -2.49. The molecule has 0 fully saturated rings. The fourth-order valence-corrected chi connectivity index (χ4v) is 1.83. The van der Waals surface area contributed by atoms with E-state index < -0.39 is 0 Å². The standard InChI is InChI=1S/C15H18N2.CH3NO/c1-10-4-7-15(12(3)8-10)17-13-6-5-11(2)14(16)9-13;2-1-3/h4-9,17H,16H2,1-3H3;1H,(H2,2,3). The summed E-state index contributed by atoms with van der Waals surface area (Å²) in [5.41, 5.74) is 16.7. The number of carbonyl (C=O) groups is 1. The zero-order valence-electron chi connectivity index (χ0n) is 12.1. The second kappa shape index (κ2) is 7.19. The molecule has 0 saturated heterocycles. The Labute approximate surface area is 119 Å². The first kappa shape index (κ1) is 15.6. The van der Waals surface area contributed by atoms with Crippen LogP contribution in [0.1, 0.15) is 16.7 Å². The van der Waals surface area contributed by atoms with Crippen molar-refractivity contribution in [2.45, 2.75) is 20.8 Å². The van der Waals surface area contributed by atoms with Gasteiger partial charge in [-0.1, -0.05) is 23.8 Å². The lowest BCUT2D eigenvalue weighted by Gasteiger charge is -2.11. The molecule has 4 heteroatoms. The summed E-state index contributed by atoms with van der Waals surface area (Å²) in [6.07, 6.45) is 0.250. The molecule has 0 saturated carbocycles. The molecule has 106 valence electrons. The molecule has 0 bridgehead atoms. The monoisotopic (exact) mass is 271 g/mol. The number of aryl methyl sites for hydroxylation is 3. The molecule has 1 amide bonds. The summed E-state index contributed by atoms with van der Waals surface area (Å²) in [5, 5.41) is 3.39. The van der Waals surface area contributed by atoms with Crippen molar-refractivity contribution in [3.8, 4) is 0 Å². The number of nitrogen functional groups attached to an aromatic ring is 1. The van der Waals surface area contributed by atoms with Crippen LogP contribution in [0, 0.1) is 20.8 Å². The molecule has 2 aromatic rings. The first-order valence-corrected chi connectivity index (χ1v) is 6.33. The maximum Gasteiger partial charge on any atom is 0.204 e. The number of hydrogen-bond donors (Lipinski definition) is 3. The van der Waals surface area contributed by atoms with E-state index in [9.17, 15) is 0 Å². The average molecular weight is 271 g/mol. The largest absolute Gasteiger partial charge is 0.398 e. The first-order valence-electron chi connectivity index (χ1n) is 6.33. The van der Waals surface area contributed by atoms with Crippen molar-refractivity contribution < 1.29 is 4.79 Å². The maximum absolute atomic E-state index is 8.58. The Morgan fingerprint density at radius 3 is 2.20 bits per heavy atom. The minimum absolute atomic E-state index is 0.250. The van der Waals surface area contributed by atoms with Crippen LogP contribution in [0.4, 0.5) is 17.1 Å². The van der Waals surface area contributed by atoms with Gasteiger partial charge in [-0.3, -0.25) is 4.79 Å². The van der Waals surface area contributed by atoms with Crippen LogP contribution in [-0.2, 0) is 4.79 Å². The summed E-state index contributed by atoms with van der Waals surface area (Å²) in [4.78, 5) is 8.58. The molecule has 0 spiro atoms. The second-order valence-electron chi connectivity index (χ2n) is 4.65. The van der Waals surface area contributed by atoms with E-state index in [-0.39, 0.29) is 6.41 Å². The van der Waals surface area contributed by atoms with Crippen LogP contribution in [0.25, 0.3) is 0 Å². The third-order valence-electron chi connectivity index (χ3n) is 2.94. The van der Waals surface area contributed by atoms with E-state index in [2.05, 4.69) is 43.1 Å². The van der Waals surface area contributed by atoms with E-state index in [1.165, 1.54) is 11.1 Å². The van der Waals surface area contributed by atoms with Gasteiger partial charge in [0.25, 0.3) is 0 Å². The van der Waals surface area contributed by atoms with E-state index in [1.807, 2.05) is 25.1 Å². The Balaban J connectivity index is 0.000000612. The van der Waals surface area contributed by atoms with Crippen molar-refractivity contribution >= 4 is 23.5 Å². The van der Waals surface area contributed by atoms with E-state index >= 15 is 0 Å². The van der Waals surface area contributed by atoms with Crippen molar-refractivity contribution in [1.29, 1.82) is 0 Å². The van der Waals surface area contributed by atoms with E-state index in [4.69, 9.17) is 10.5 Å². The number of benzene rings is 2. The van der Waals surface area contributed by atoms with Crippen LogP contribution in [-0.4, -0.2) is 6.41 Å². The molecule has 0 unspecified atom stereocenters. The number of carbonyl (C=O) groups excluding carboxylic acids is 1. The number of anilines is 3. The zero-order chi connectivity index (χ0) is 15.1. The summed E-state index contributed by atoms with van der Waals surface area (Å²) in [6.45, 7) is 6.21. The lowest BCUT2D eigenvalue weighted by Crippen LogP contribution is -1.96. The van der Waals surface area contributed by atoms with Gasteiger partial charge in [-0.05, 0) is 50.1 Å². The minimum Gasteiger partial charge on any atom is -0.398 e. The van der Waals surface area contributed by atoms with Gasteiger partial charge in [-0.15, -0.1) is 0 Å². The fraction of sp³-hybridized carbons (Fsp3) is 0.188. The highest BCUT2D eigenvalue weighted by Crippen LogP contribution is 2.24. The molecule has 0 atom stereocenters. The van der Waals surface area contributed by atoms with Gasteiger partial charge >= 0.3 is 0 Å². The Morgan fingerprint density at radius 1 is 1.00 bits per heavy atom. The predicted molar refractivity (Wildman–Crippen MR) is 85.0 cm³/mol. The molecular formula is C16H21N3O. The third kappa shape index (κ3) is 4.31. The number of primary amides is 1. The van der Waals surface area contributed by atoms with Crippen LogP contribution in [0.3, 0.4) is 0 Å². The number of hydrogen-bond acceptors (Lipinski definition) is 3. The highest BCUT2D eigenvalue weighted by molar-refractivity contribution is 5.67. The molecule has 0 aromatic heterocycles. The fourth-order valence-electron chi connectivity index (χ4n) is 1.83. The molecule has 0 radical (unpaired) electrons. The molecule has 4 nitrogen and oxygen atoms in total. The number of amides is 1. The van der Waals surface area contributed by atoms with Gasteiger partial charge in [0.2, 0.25) is 6.41 Å². The highest BCUT2D eigenvalue weighted by atomic mass is 16.1. The van der Waals surface area contributed by atoms with Gasteiger partial charge in [0.1, 0.15) is 0 Å². The number of rotatable bonds is 2. The molecule has 0 aliphatic carbocycles. The molecular weight excluding hydrogens is 250 g/mol. The topological polar surface area (TPSA) is 81.1 Å². The van der Waals surface area contributed by atoms with Crippen LogP contribution in [0.5, 0.6) is 0 Å². The van der Waals surface area contributed by atoms with Crippen molar-refractivity contribution in [3.05, 3.63) is 53.1 Å². The summed E-state index contributed by atoms with van der Waals surface area (Å²) in [7, 11) is 0. The average Bonchev–Trinajstić information content (AvgIpc) is 2.38. The summed E-state index contributed by atoms with van der Waals surface area (Å²) >= 11 is 0. The molecule has 0 aliphatic heterocycles. The predicted octanol–water partition coefficient (Wildman–Crippen LogP) is 3.04. The minimum atomic E-state index is 0.250. The van der Waals surface area contributed by atoms with Gasteiger partial charge < -0.3 is 16.8 Å². The second-order valence-corrected chi connectivity index (χ2v) is 4.65. The smallest absolute Gasteiger partial charge is 0.204 e. The highest BCUT2D eigenvalue weighted by Gasteiger charge is 2.00. The van der Waals surface area contributed by atoms with Gasteiger partial charge in [0.05, 0.1) is 0 Å². The van der Waals surface area contributed by atoms with Crippen molar-refractivity contribution in [2.75, 3.05) is 11.1 Å². The number of nitrogens with two attached hydrogens (primary N) is 2. The Kier molecular flexibility index (Phi) is 5.59. The zero-order valence-corrected chi connectivity index (χ0v) is 12.1. The van der Waals surface area contributed by atoms with E-state index in [1.54, 1.807) is 0 Å². The van der Waals surface area contributed by atoms with E-state index in [0.717, 1.165) is 22.6 Å². The van der Waals surface area contributed by atoms with Gasteiger partial charge in [0.15, 0.2) is 0 Å². The van der Waals surface area contributed by atoms with Gasteiger partial charge in [-0.25, -0.2) is 0 Å².